The van der Waals surface area contributed by atoms with Gasteiger partial charge in [-0.2, -0.15) is 0 Å². The van der Waals surface area contributed by atoms with Gasteiger partial charge in [-0.15, -0.1) is 0 Å². The summed E-state index contributed by atoms with van der Waals surface area (Å²) >= 11 is 0. The summed E-state index contributed by atoms with van der Waals surface area (Å²) in [6, 6.07) is 17.9. The molecule has 0 aromatic heterocycles. The minimum absolute atomic E-state index is 0.0864. The van der Waals surface area contributed by atoms with Crippen LogP contribution in [0.4, 0.5) is 0 Å². The molecule has 142 valence electrons. The van der Waals surface area contributed by atoms with E-state index >= 15 is 0 Å². The molecule has 2 atom stereocenters. The van der Waals surface area contributed by atoms with Crippen LogP contribution in [-0.2, 0) is 9.59 Å². The largest absolute Gasteiger partial charge is 0.348 e. The van der Waals surface area contributed by atoms with E-state index in [-0.39, 0.29) is 23.8 Å². The standard InChI is InChI=1S/C23H28N2O2/c1-16(18-12-14-20(15-13-18)19-8-4-3-5-9-19)24-23(27)22(25-17(2)26)21-10-6-7-11-21/h3-5,8-9,12-16,21-22H,6-7,10-11H2,1-2H3,(H,24,27)(H,25,26). The van der Waals surface area contributed by atoms with Gasteiger partial charge in [-0.1, -0.05) is 67.4 Å². The van der Waals surface area contributed by atoms with Crippen molar-refractivity contribution in [1.82, 2.24) is 10.6 Å². The average Bonchev–Trinajstić information content (AvgIpc) is 3.21. The van der Waals surface area contributed by atoms with Crippen molar-refractivity contribution in [3.63, 3.8) is 0 Å². The third-order valence-corrected chi connectivity index (χ3v) is 5.39. The molecule has 0 heterocycles. The van der Waals surface area contributed by atoms with Crippen LogP contribution in [0, 0.1) is 5.92 Å². The van der Waals surface area contributed by atoms with Gasteiger partial charge < -0.3 is 10.6 Å². The lowest BCUT2D eigenvalue weighted by molar-refractivity contribution is -0.129. The normalized spacial score (nSPS) is 16.5. The van der Waals surface area contributed by atoms with Gasteiger partial charge in [0.1, 0.15) is 6.04 Å². The van der Waals surface area contributed by atoms with E-state index in [1.54, 1.807) is 0 Å². The second kappa shape index (κ2) is 8.85. The molecule has 27 heavy (non-hydrogen) atoms. The van der Waals surface area contributed by atoms with Crippen LogP contribution in [0.2, 0.25) is 0 Å². The molecule has 1 fully saturated rings. The van der Waals surface area contributed by atoms with Crippen LogP contribution in [0.1, 0.15) is 51.1 Å². The molecular weight excluding hydrogens is 336 g/mol. The van der Waals surface area contributed by atoms with E-state index in [0.717, 1.165) is 36.8 Å². The molecule has 0 spiro atoms. The summed E-state index contributed by atoms with van der Waals surface area (Å²) in [5.41, 5.74) is 3.38. The fraction of sp³-hybridized carbons (Fsp3) is 0.391. The van der Waals surface area contributed by atoms with Crippen molar-refractivity contribution in [3.05, 3.63) is 60.2 Å². The first-order chi connectivity index (χ1) is 13.0. The van der Waals surface area contributed by atoms with Gasteiger partial charge in [-0.05, 0) is 42.4 Å². The summed E-state index contributed by atoms with van der Waals surface area (Å²) in [5.74, 6) is 0.000194. The van der Waals surface area contributed by atoms with Gasteiger partial charge in [0.05, 0.1) is 6.04 Å². The molecular formula is C23H28N2O2. The summed E-state index contributed by atoms with van der Waals surface area (Å²) in [4.78, 5) is 24.4. The van der Waals surface area contributed by atoms with Crippen molar-refractivity contribution >= 4 is 11.8 Å². The summed E-state index contributed by atoms with van der Waals surface area (Å²) in [7, 11) is 0. The number of hydrogen-bond donors (Lipinski definition) is 2. The molecule has 3 rings (SSSR count). The molecule has 0 radical (unpaired) electrons. The van der Waals surface area contributed by atoms with Crippen LogP contribution in [-0.4, -0.2) is 17.9 Å². The van der Waals surface area contributed by atoms with Crippen molar-refractivity contribution in [2.75, 3.05) is 0 Å². The number of rotatable bonds is 6. The zero-order valence-electron chi connectivity index (χ0n) is 16.1. The zero-order chi connectivity index (χ0) is 19.2. The maximum Gasteiger partial charge on any atom is 0.243 e. The monoisotopic (exact) mass is 364 g/mol. The third kappa shape index (κ3) is 4.97. The van der Waals surface area contributed by atoms with E-state index in [1.165, 1.54) is 12.5 Å². The first kappa shape index (κ1) is 19.2. The van der Waals surface area contributed by atoms with E-state index in [2.05, 4.69) is 47.0 Å². The van der Waals surface area contributed by atoms with Crippen LogP contribution in [0.15, 0.2) is 54.6 Å². The summed E-state index contributed by atoms with van der Waals surface area (Å²) < 4.78 is 0. The zero-order valence-corrected chi connectivity index (χ0v) is 16.1. The Morgan fingerprint density at radius 1 is 0.889 bits per heavy atom. The molecule has 2 unspecified atom stereocenters. The van der Waals surface area contributed by atoms with Crippen LogP contribution in [0.25, 0.3) is 11.1 Å². The van der Waals surface area contributed by atoms with Crippen LogP contribution in [0.5, 0.6) is 0 Å². The second-order valence-corrected chi connectivity index (χ2v) is 7.44. The molecule has 1 aliphatic rings. The van der Waals surface area contributed by atoms with Crippen molar-refractivity contribution in [2.24, 2.45) is 5.92 Å². The Bertz CT molecular complexity index is 765. The Kier molecular flexibility index (Phi) is 6.28. The Hall–Kier alpha value is -2.62. The SMILES string of the molecule is CC(=O)NC(C(=O)NC(C)c1ccc(-c2ccccc2)cc1)C1CCCC1. The highest BCUT2D eigenvalue weighted by Crippen LogP contribution is 2.28. The van der Waals surface area contributed by atoms with Crippen molar-refractivity contribution in [2.45, 2.75) is 51.6 Å². The van der Waals surface area contributed by atoms with Crippen LogP contribution < -0.4 is 10.6 Å². The molecule has 4 nitrogen and oxygen atoms in total. The predicted octanol–water partition coefficient (Wildman–Crippen LogP) is 4.23. The maximum absolute atomic E-state index is 12.8. The number of carbonyl (C=O) groups excluding carboxylic acids is 2. The van der Waals surface area contributed by atoms with E-state index in [0.29, 0.717) is 0 Å². The van der Waals surface area contributed by atoms with E-state index in [4.69, 9.17) is 0 Å². The van der Waals surface area contributed by atoms with Gasteiger partial charge in [0, 0.05) is 6.92 Å². The highest BCUT2D eigenvalue weighted by Gasteiger charge is 2.31. The quantitative estimate of drug-likeness (QED) is 0.806. The molecule has 2 aromatic carbocycles. The molecule has 2 aromatic rings. The minimum Gasteiger partial charge on any atom is -0.348 e. The minimum atomic E-state index is -0.434. The Morgan fingerprint density at radius 2 is 1.48 bits per heavy atom. The molecule has 1 saturated carbocycles. The predicted molar refractivity (Wildman–Crippen MR) is 108 cm³/mol. The van der Waals surface area contributed by atoms with Crippen molar-refractivity contribution < 1.29 is 9.59 Å². The lowest BCUT2D eigenvalue weighted by atomic mass is 9.96. The number of benzene rings is 2. The van der Waals surface area contributed by atoms with Crippen LogP contribution in [0.3, 0.4) is 0 Å². The molecule has 2 N–H and O–H groups in total. The van der Waals surface area contributed by atoms with Gasteiger partial charge in [-0.25, -0.2) is 0 Å². The molecule has 0 bridgehead atoms. The maximum atomic E-state index is 12.8. The van der Waals surface area contributed by atoms with Crippen LogP contribution >= 0.6 is 0 Å². The average molecular weight is 364 g/mol. The number of amides is 2. The topological polar surface area (TPSA) is 58.2 Å². The third-order valence-electron chi connectivity index (χ3n) is 5.39. The lowest BCUT2D eigenvalue weighted by Gasteiger charge is -2.25. The smallest absolute Gasteiger partial charge is 0.243 e. The van der Waals surface area contributed by atoms with E-state index in [1.807, 2.05) is 25.1 Å². The molecule has 2 amide bonds. The van der Waals surface area contributed by atoms with Gasteiger partial charge in [-0.3, -0.25) is 9.59 Å². The highest BCUT2D eigenvalue weighted by molar-refractivity contribution is 5.87. The van der Waals surface area contributed by atoms with Gasteiger partial charge in [0.2, 0.25) is 11.8 Å². The Balaban J connectivity index is 1.66. The first-order valence-corrected chi connectivity index (χ1v) is 9.77. The number of carbonyl (C=O) groups is 2. The van der Waals surface area contributed by atoms with Crippen molar-refractivity contribution in [3.8, 4) is 11.1 Å². The summed E-state index contributed by atoms with van der Waals surface area (Å²) in [6.45, 7) is 3.45. The lowest BCUT2D eigenvalue weighted by Crippen LogP contribution is -2.50. The summed E-state index contributed by atoms with van der Waals surface area (Å²) in [6.07, 6.45) is 4.26. The molecule has 1 aliphatic carbocycles. The summed E-state index contributed by atoms with van der Waals surface area (Å²) in [5, 5.41) is 5.94. The first-order valence-electron chi connectivity index (χ1n) is 9.77. The van der Waals surface area contributed by atoms with E-state index < -0.39 is 6.04 Å². The van der Waals surface area contributed by atoms with E-state index in [9.17, 15) is 9.59 Å². The Morgan fingerprint density at radius 3 is 2.07 bits per heavy atom. The molecule has 0 saturated heterocycles. The van der Waals surface area contributed by atoms with Crippen molar-refractivity contribution in [1.29, 1.82) is 0 Å². The molecule has 0 aliphatic heterocycles. The molecule has 4 heteroatoms. The van der Waals surface area contributed by atoms with Gasteiger partial charge in [0.15, 0.2) is 0 Å². The number of hydrogen-bond acceptors (Lipinski definition) is 2. The second-order valence-electron chi connectivity index (χ2n) is 7.44. The fourth-order valence-electron chi connectivity index (χ4n) is 3.89. The Labute approximate surface area is 161 Å². The van der Waals surface area contributed by atoms with Gasteiger partial charge >= 0.3 is 0 Å². The van der Waals surface area contributed by atoms with Gasteiger partial charge in [0.25, 0.3) is 0 Å². The number of nitrogens with one attached hydrogen (secondary N) is 2. The fourth-order valence-corrected chi connectivity index (χ4v) is 3.89. The highest BCUT2D eigenvalue weighted by atomic mass is 16.2.